The zero-order chi connectivity index (χ0) is 10.7. The van der Waals surface area contributed by atoms with Crippen LogP contribution in [0.15, 0.2) is 24.3 Å². The first kappa shape index (κ1) is 10.8. The van der Waals surface area contributed by atoms with Gasteiger partial charge in [0.2, 0.25) is 0 Å². The fourth-order valence-corrected chi connectivity index (χ4v) is 2.29. The van der Waals surface area contributed by atoms with Gasteiger partial charge in [0.25, 0.3) is 0 Å². The van der Waals surface area contributed by atoms with Crippen molar-refractivity contribution in [1.82, 2.24) is 4.90 Å². The average Bonchev–Trinajstić information content (AvgIpc) is 2.22. The topological polar surface area (TPSA) is 3.24 Å². The minimum atomic E-state index is 0.929. The van der Waals surface area contributed by atoms with Gasteiger partial charge in [0.1, 0.15) is 7.85 Å². The Kier molecular flexibility index (Phi) is 3.47. The molecule has 0 N–H and O–H groups in total. The fraction of sp³-hybridized carbons (Fsp3) is 0.538. The molecule has 1 saturated heterocycles. The molecule has 1 aromatic rings. The van der Waals surface area contributed by atoms with Gasteiger partial charge in [-0.1, -0.05) is 36.7 Å². The number of rotatable bonds is 2. The predicted molar refractivity (Wildman–Crippen MR) is 68.3 cm³/mol. The van der Waals surface area contributed by atoms with Crippen LogP contribution in [-0.4, -0.2) is 25.8 Å². The molecule has 1 heterocycles. The maximum atomic E-state index is 2.58. The first-order chi connectivity index (χ1) is 7.24. The molecule has 2 heteroatoms. The van der Waals surface area contributed by atoms with Gasteiger partial charge in [0.15, 0.2) is 0 Å². The van der Waals surface area contributed by atoms with Crippen LogP contribution in [0.4, 0.5) is 0 Å². The van der Waals surface area contributed by atoms with Gasteiger partial charge < -0.3 is 0 Å². The van der Waals surface area contributed by atoms with E-state index < -0.39 is 0 Å². The third-order valence-electron chi connectivity index (χ3n) is 3.36. The van der Waals surface area contributed by atoms with Gasteiger partial charge in [-0.05, 0) is 37.4 Å². The van der Waals surface area contributed by atoms with Crippen molar-refractivity contribution in [2.45, 2.75) is 26.3 Å². The molecule has 0 spiro atoms. The van der Waals surface area contributed by atoms with Crippen molar-refractivity contribution < 1.29 is 0 Å². The Morgan fingerprint density at radius 3 is 2.73 bits per heavy atom. The minimum Gasteiger partial charge on any atom is -0.299 e. The second-order valence-electron chi connectivity index (χ2n) is 4.95. The zero-order valence-corrected chi connectivity index (χ0v) is 9.87. The van der Waals surface area contributed by atoms with E-state index in [1.54, 1.807) is 0 Å². The van der Waals surface area contributed by atoms with Crippen molar-refractivity contribution in [3.63, 3.8) is 0 Å². The molecule has 0 amide bonds. The Labute approximate surface area is 93.9 Å². The molecule has 1 fully saturated rings. The van der Waals surface area contributed by atoms with Crippen LogP contribution in [0.2, 0.25) is 0 Å². The molecule has 0 radical (unpaired) electrons. The molecule has 80 valence electrons. The first-order valence-corrected chi connectivity index (χ1v) is 6.02. The van der Waals surface area contributed by atoms with Crippen LogP contribution in [0.3, 0.4) is 0 Å². The fourth-order valence-electron chi connectivity index (χ4n) is 2.29. The largest absolute Gasteiger partial charge is 0.299 e. The van der Waals surface area contributed by atoms with E-state index in [4.69, 9.17) is 0 Å². The molecule has 1 aliphatic heterocycles. The molecule has 0 bridgehead atoms. The Morgan fingerprint density at radius 1 is 1.33 bits per heavy atom. The molecular weight excluding hydrogens is 181 g/mol. The average molecular weight is 201 g/mol. The van der Waals surface area contributed by atoms with Gasteiger partial charge in [0, 0.05) is 6.54 Å². The summed E-state index contributed by atoms with van der Waals surface area (Å²) < 4.78 is 0. The van der Waals surface area contributed by atoms with Gasteiger partial charge in [-0.25, -0.2) is 0 Å². The Bertz CT molecular complexity index is 316. The van der Waals surface area contributed by atoms with E-state index in [0.717, 1.165) is 12.5 Å². The summed E-state index contributed by atoms with van der Waals surface area (Å²) in [5.41, 5.74) is 2.84. The number of piperidine rings is 1. The lowest BCUT2D eigenvalue weighted by molar-refractivity contribution is 0.185. The normalized spacial score (nSPS) is 19.3. The van der Waals surface area contributed by atoms with Crippen molar-refractivity contribution in [2.75, 3.05) is 13.1 Å². The lowest BCUT2D eigenvalue weighted by Crippen LogP contribution is -2.32. The van der Waals surface area contributed by atoms with Gasteiger partial charge in [0.05, 0.1) is 0 Å². The number of hydrogen-bond acceptors (Lipinski definition) is 1. The van der Waals surface area contributed by atoms with Crippen LogP contribution in [0, 0.1) is 5.92 Å². The van der Waals surface area contributed by atoms with Crippen molar-refractivity contribution in [1.29, 1.82) is 0 Å². The van der Waals surface area contributed by atoms with E-state index in [-0.39, 0.29) is 0 Å². The van der Waals surface area contributed by atoms with Crippen LogP contribution in [-0.2, 0) is 6.54 Å². The van der Waals surface area contributed by atoms with Crippen molar-refractivity contribution in [3.8, 4) is 0 Å². The molecule has 0 atom stereocenters. The highest BCUT2D eigenvalue weighted by molar-refractivity contribution is 6.32. The summed E-state index contributed by atoms with van der Waals surface area (Å²) in [6, 6.07) is 8.88. The smallest absolute Gasteiger partial charge is 0.139 e. The van der Waals surface area contributed by atoms with E-state index in [1.165, 1.54) is 37.0 Å². The SMILES string of the molecule is Bc1cccc(CN2CCC(C)CC2)c1. The monoisotopic (exact) mass is 201 g/mol. The quantitative estimate of drug-likeness (QED) is 0.649. The summed E-state index contributed by atoms with van der Waals surface area (Å²) in [5.74, 6) is 0.929. The van der Waals surface area contributed by atoms with E-state index in [2.05, 4.69) is 43.9 Å². The molecule has 1 aromatic carbocycles. The molecule has 2 rings (SSSR count). The highest BCUT2D eigenvalue weighted by atomic mass is 15.1. The maximum Gasteiger partial charge on any atom is 0.139 e. The van der Waals surface area contributed by atoms with Gasteiger partial charge in [-0.15, -0.1) is 0 Å². The zero-order valence-electron chi connectivity index (χ0n) is 9.87. The molecule has 0 aromatic heterocycles. The van der Waals surface area contributed by atoms with E-state index in [0.29, 0.717) is 0 Å². The third kappa shape index (κ3) is 3.10. The van der Waals surface area contributed by atoms with Crippen molar-refractivity contribution in [3.05, 3.63) is 29.8 Å². The summed E-state index contributed by atoms with van der Waals surface area (Å²) in [5, 5.41) is 0. The summed E-state index contributed by atoms with van der Waals surface area (Å²) in [7, 11) is 2.17. The van der Waals surface area contributed by atoms with Gasteiger partial charge in [-0.2, -0.15) is 0 Å². The molecule has 0 aliphatic carbocycles. The molecule has 0 unspecified atom stereocenters. The van der Waals surface area contributed by atoms with E-state index in [1.807, 2.05) is 0 Å². The van der Waals surface area contributed by atoms with Crippen LogP contribution in [0.25, 0.3) is 0 Å². The second kappa shape index (κ2) is 4.85. The molecule has 0 saturated carbocycles. The van der Waals surface area contributed by atoms with E-state index >= 15 is 0 Å². The molecule has 1 nitrogen and oxygen atoms in total. The van der Waals surface area contributed by atoms with E-state index in [9.17, 15) is 0 Å². The standard InChI is InChI=1S/C13H20BN/c1-11-5-7-15(8-6-11)10-12-3-2-4-13(14)9-12/h2-4,9,11H,5-8,10,14H2,1H3. The van der Waals surface area contributed by atoms with Crippen molar-refractivity contribution >= 4 is 13.3 Å². The minimum absolute atomic E-state index is 0.929. The predicted octanol–water partition coefficient (Wildman–Crippen LogP) is 1.18. The summed E-state index contributed by atoms with van der Waals surface area (Å²) in [6.45, 7) is 6.04. The summed E-state index contributed by atoms with van der Waals surface area (Å²) in [6.07, 6.45) is 2.73. The Balaban J connectivity index is 1.92. The van der Waals surface area contributed by atoms with Crippen LogP contribution in [0.5, 0.6) is 0 Å². The first-order valence-electron chi connectivity index (χ1n) is 6.02. The third-order valence-corrected chi connectivity index (χ3v) is 3.36. The number of hydrogen-bond donors (Lipinski definition) is 0. The Morgan fingerprint density at radius 2 is 2.07 bits per heavy atom. The van der Waals surface area contributed by atoms with Crippen LogP contribution in [0.1, 0.15) is 25.3 Å². The Hall–Kier alpha value is -0.755. The van der Waals surface area contributed by atoms with Gasteiger partial charge >= 0.3 is 0 Å². The van der Waals surface area contributed by atoms with Crippen molar-refractivity contribution in [2.24, 2.45) is 5.92 Å². The highest BCUT2D eigenvalue weighted by Crippen LogP contribution is 2.17. The maximum absolute atomic E-state index is 2.58. The van der Waals surface area contributed by atoms with Crippen LogP contribution < -0.4 is 5.46 Å². The number of benzene rings is 1. The number of likely N-dealkylation sites (tertiary alicyclic amines) is 1. The summed E-state index contributed by atoms with van der Waals surface area (Å²) >= 11 is 0. The highest BCUT2D eigenvalue weighted by Gasteiger charge is 2.15. The van der Waals surface area contributed by atoms with Gasteiger partial charge in [-0.3, -0.25) is 4.90 Å². The lowest BCUT2D eigenvalue weighted by atomic mass is 9.94. The number of nitrogens with zero attached hydrogens (tertiary/aromatic N) is 1. The van der Waals surface area contributed by atoms with Crippen LogP contribution >= 0.6 is 0 Å². The molecule has 1 aliphatic rings. The second-order valence-corrected chi connectivity index (χ2v) is 4.95. The molecular formula is C13H20BN. The summed E-state index contributed by atoms with van der Waals surface area (Å²) in [4.78, 5) is 2.58. The molecule has 15 heavy (non-hydrogen) atoms. The lowest BCUT2D eigenvalue weighted by Gasteiger charge is -2.30.